The fourth-order valence-electron chi connectivity index (χ4n) is 1.26. The van der Waals surface area contributed by atoms with E-state index in [-0.39, 0.29) is 0 Å². The Morgan fingerprint density at radius 1 is 1.50 bits per heavy atom. The van der Waals surface area contributed by atoms with Crippen LogP contribution >= 0.6 is 0 Å². The first-order chi connectivity index (χ1) is 6.66. The molecule has 0 amide bonds. The lowest BCUT2D eigenvalue weighted by Crippen LogP contribution is -2.26. The van der Waals surface area contributed by atoms with Crippen molar-refractivity contribution in [3.8, 4) is 0 Å². The van der Waals surface area contributed by atoms with Crippen molar-refractivity contribution < 1.29 is 9.90 Å². The van der Waals surface area contributed by atoms with E-state index in [0.29, 0.717) is 12.5 Å². The molecule has 3 nitrogen and oxygen atoms in total. The molecular formula is C11H21NO2. The van der Waals surface area contributed by atoms with Gasteiger partial charge in [0.2, 0.25) is 0 Å². The second kappa shape index (κ2) is 8.75. The molecule has 0 radical (unpaired) electrons. The maximum Gasteiger partial charge on any atom is 0.303 e. The highest BCUT2D eigenvalue weighted by Crippen LogP contribution is 1.99. The molecule has 0 aliphatic rings. The molecule has 1 unspecified atom stereocenters. The fourth-order valence-corrected chi connectivity index (χ4v) is 1.26. The van der Waals surface area contributed by atoms with E-state index in [1.165, 1.54) is 0 Å². The molecule has 0 spiro atoms. The number of rotatable bonds is 9. The first-order valence-corrected chi connectivity index (χ1v) is 5.23. The summed E-state index contributed by atoms with van der Waals surface area (Å²) in [4.78, 5) is 10.2. The average Bonchev–Trinajstić information content (AvgIpc) is 2.11. The monoisotopic (exact) mass is 199 g/mol. The van der Waals surface area contributed by atoms with Crippen LogP contribution in [0.3, 0.4) is 0 Å². The van der Waals surface area contributed by atoms with E-state index in [4.69, 9.17) is 5.11 Å². The number of aliphatic carboxylic acids is 1. The zero-order valence-electron chi connectivity index (χ0n) is 8.96. The van der Waals surface area contributed by atoms with Crippen LogP contribution in [0, 0.1) is 0 Å². The molecule has 3 heteroatoms. The van der Waals surface area contributed by atoms with Gasteiger partial charge in [-0.1, -0.05) is 12.5 Å². The molecule has 14 heavy (non-hydrogen) atoms. The molecule has 0 fully saturated rings. The van der Waals surface area contributed by atoms with Crippen LogP contribution in [-0.4, -0.2) is 23.7 Å². The van der Waals surface area contributed by atoms with E-state index >= 15 is 0 Å². The SMILES string of the molecule is C=CCC(C)NCCCCCC(=O)O. The average molecular weight is 199 g/mol. The first kappa shape index (κ1) is 13.2. The third-order valence-corrected chi connectivity index (χ3v) is 2.08. The highest BCUT2D eigenvalue weighted by Gasteiger charge is 1.98. The topological polar surface area (TPSA) is 49.3 Å². The lowest BCUT2D eigenvalue weighted by atomic mass is 10.2. The lowest BCUT2D eigenvalue weighted by Gasteiger charge is -2.10. The van der Waals surface area contributed by atoms with E-state index in [9.17, 15) is 4.79 Å². The Hall–Kier alpha value is -0.830. The Bertz CT molecular complexity index is 169. The van der Waals surface area contributed by atoms with E-state index in [1.54, 1.807) is 0 Å². The summed E-state index contributed by atoms with van der Waals surface area (Å²) in [6.45, 7) is 6.76. The van der Waals surface area contributed by atoms with Crippen LogP contribution in [0.1, 0.15) is 39.0 Å². The van der Waals surface area contributed by atoms with Gasteiger partial charge in [0.05, 0.1) is 0 Å². The van der Waals surface area contributed by atoms with Crippen LogP contribution in [0.25, 0.3) is 0 Å². The molecule has 0 heterocycles. The first-order valence-electron chi connectivity index (χ1n) is 5.23. The minimum Gasteiger partial charge on any atom is -0.481 e. The van der Waals surface area contributed by atoms with Crippen molar-refractivity contribution in [1.82, 2.24) is 5.32 Å². The number of hydrogen-bond acceptors (Lipinski definition) is 2. The minimum absolute atomic E-state index is 0.294. The molecular weight excluding hydrogens is 178 g/mol. The molecule has 0 aliphatic heterocycles. The van der Waals surface area contributed by atoms with Crippen LogP contribution in [0.4, 0.5) is 0 Å². The smallest absolute Gasteiger partial charge is 0.303 e. The van der Waals surface area contributed by atoms with Crippen molar-refractivity contribution in [3.63, 3.8) is 0 Å². The molecule has 0 saturated carbocycles. The van der Waals surface area contributed by atoms with Gasteiger partial charge < -0.3 is 10.4 Å². The molecule has 2 N–H and O–H groups in total. The molecule has 0 rings (SSSR count). The zero-order valence-corrected chi connectivity index (χ0v) is 8.96. The lowest BCUT2D eigenvalue weighted by molar-refractivity contribution is -0.137. The number of unbranched alkanes of at least 4 members (excludes halogenated alkanes) is 2. The van der Waals surface area contributed by atoms with Crippen molar-refractivity contribution in [3.05, 3.63) is 12.7 Å². The largest absolute Gasteiger partial charge is 0.481 e. The maximum absolute atomic E-state index is 10.2. The third kappa shape index (κ3) is 9.26. The van der Waals surface area contributed by atoms with Gasteiger partial charge in [-0.25, -0.2) is 0 Å². The summed E-state index contributed by atoms with van der Waals surface area (Å²) in [6.07, 6.45) is 6.00. The predicted octanol–water partition coefficient (Wildman–Crippen LogP) is 2.19. The fraction of sp³-hybridized carbons (Fsp3) is 0.727. The minimum atomic E-state index is -0.696. The van der Waals surface area contributed by atoms with Gasteiger partial charge in [-0.2, -0.15) is 0 Å². The van der Waals surface area contributed by atoms with Crippen LogP contribution in [-0.2, 0) is 4.79 Å². The summed E-state index contributed by atoms with van der Waals surface area (Å²) in [6, 6.07) is 0.479. The Kier molecular flexibility index (Phi) is 8.24. The second-order valence-electron chi connectivity index (χ2n) is 3.58. The van der Waals surface area contributed by atoms with Gasteiger partial charge in [0, 0.05) is 12.5 Å². The quantitative estimate of drug-likeness (QED) is 0.442. The van der Waals surface area contributed by atoms with Crippen molar-refractivity contribution in [2.75, 3.05) is 6.54 Å². The number of hydrogen-bond donors (Lipinski definition) is 2. The summed E-state index contributed by atoms with van der Waals surface area (Å²) in [5.74, 6) is -0.696. The van der Waals surface area contributed by atoms with Gasteiger partial charge in [0.25, 0.3) is 0 Å². The van der Waals surface area contributed by atoms with Crippen LogP contribution in [0.15, 0.2) is 12.7 Å². The van der Waals surface area contributed by atoms with Crippen LogP contribution in [0.5, 0.6) is 0 Å². The number of carboxylic acids is 1. The molecule has 0 aromatic heterocycles. The Morgan fingerprint density at radius 3 is 2.79 bits per heavy atom. The Labute approximate surface area is 86.2 Å². The van der Waals surface area contributed by atoms with Gasteiger partial charge >= 0.3 is 5.97 Å². The highest BCUT2D eigenvalue weighted by atomic mass is 16.4. The van der Waals surface area contributed by atoms with E-state index in [1.807, 2.05) is 6.08 Å². The second-order valence-corrected chi connectivity index (χ2v) is 3.58. The third-order valence-electron chi connectivity index (χ3n) is 2.08. The van der Waals surface area contributed by atoms with Crippen molar-refractivity contribution in [2.24, 2.45) is 0 Å². The Balaban J connectivity index is 3.12. The van der Waals surface area contributed by atoms with Gasteiger partial charge in [0.15, 0.2) is 0 Å². The number of carboxylic acid groups (broad SMARTS) is 1. The molecule has 0 bridgehead atoms. The summed E-state index contributed by atoms with van der Waals surface area (Å²) in [7, 11) is 0. The summed E-state index contributed by atoms with van der Waals surface area (Å²) < 4.78 is 0. The summed E-state index contributed by atoms with van der Waals surface area (Å²) in [5.41, 5.74) is 0. The predicted molar refractivity (Wildman–Crippen MR) is 58.4 cm³/mol. The van der Waals surface area contributed by atoms with E-state index in [2.05, 4.69) is 18.8 Å². The molecule has 0 aromatic carbocycles. The van der Waals surface area contributed by atoms with E-state index < -0.39 is 5.97 Å². The summed E-state index contributed by atoms with van der Waals surface area (Å²) >= 11 is 0. The van der Waals surface area contributed by atoms with Gasteiger partial charge in [0.1, 0.15) is 0 Å². The van der Waals surface area contributed by atoms with Gasteiger partial charge in [-0.15, -0.1) is 6.58 Å². The maximum atomic E-state index is 10.2. The molecule has 0 saturated heterocycles. The van der Waals surface area contributed by atoms with Crippen molar-refractivity contribution in [2.45, 2.75) is 45.1 Å². The highest BCUT2D eigenvalue weighted by molar-refractivity contribution is 5.66. The zero-order chi connectivity index (χ0) is 10.8. The number of carbonyl (C=O) groups is 1. The van der Waals surface area contributed by atoms with E-state index in [0.717, 1.165) is 32.2 Å². The normalized spacial score (nSPS) is 12.4. The van der Waals surface area contributed by atoms with Crippen molar-refractivity contribution in [1.29, 1.82) is 0 Å². The molecule has 1 atom stereocenters. The van der Waals surface area contributed by atoms with Crippen LogP contribution < -0.4 is 5.32 Å². The van der Waals surface area contributed by atoms with Crippen molar-refractivity contribution >= 4 is 5.97 Å². The van der Waals surface area contributed by atoms with Gasteiger partial charge in [-0.3, -0.25) is 4.79 Å². The Morgan fingerprint density at radius 2 is 2.21 bits per heavy atom. The van der Waals surface area contributed by atoms with Crippen LogP contribution in [0.2, 0.25) is 0 Å². The summed E-state index contributed by atoms with van der Waals surface area (Å²) in [5, 5.41) is 11.8. The van der Waals surface area contributed by atoms with Gasteiger partial charge in [-0.05, 0) is 32.7 Å². The molecule has 0 aromatic rings. The number of nitrogens with one attached hydrogen (secondary N) is 1. The molecule has 82 valence electrons. The standard InChI is InChI=1S/C11H21NO2/c1-3-7-10(2)12-9-6-4-5-8-11(13)14/h3,10,12H,1,4-9H2,2H3,(H,13,14). The molecule has 0 aliphatic carbocycles.